The topological polar surface area (TPSA) is 64.9 Å². The fraction of sp³-hybridized carbons (Fsp3) is 0.273. The Balaban J connectivity index is 2.33. The summed E-state index contributed by atoms with van der Waals surface area (Å²) < 4.78 is 18.5. The van der Waals surface area contributed by atoms with Gasteiger partial charge < -0.3 is 10.3 Å². The number of halogens is 2. The maximum Gasteiger partial charge on any atom is 0.243 e. The summed E-state index contributed by atoms with van der Waals surface area (Å²) in [7, 11) is 0. The molecule has 0 spiro atoms. The van der Waals surface area contributed by atoms with Crippen LogP contribution in [0.1, 0.15) is 25.3 Å². The number of hydrogen-bond acceptors (Lipinski definition) is 4. The molecule has 1 atom stereocenters. The molecule has 4 nitrogen and oxygen atoms in total. The van der Waals surface area contributed by atoms with Gasteiger partial charge in [-0.1, -0.05) is 12.1 Å². The lowest BCUT2D eigenvalue weighted by Gasteiger charge is -1.99. The highest BCUT2D eigenvalue weighted by Crippen LogP contribution is 2.24. The van der Waals surface area contributed by atoms with Gasteiger partial charge in [0.15, 0.2) is 0 Å². The summed E-state index contributed by atoms with van der Waals surface area (Å²) in [5, 5.41) is 3.82. The third-order valence-electron chi connectivity index (χ3n) is 2.38. The third-order valence-corrected chi connectivity index (χ3v) is 2.98. The molecule has 1 aromatic heterocycles. The molecule has 2 N–H and O–H groups in total. The van der Waals surface area contributed by atoms with Crippen molar-refractivity contribution in [2.24, 2.45) is 5.73 Å². The van der Waals surface area contributed by atoms with Gasteiger partial charge in [-0.25, -0.2) is 4.39 Å². The molecule has 1 aromatic carbocycles. The van der Waals surface area contributed by atoms with Crippen LogP contribution in [0.2, 0.25) is 0 Å². The molecule has 2 aromatic rings. The Morgan fingerprint density at radius 2 is 2.29 bits per heavy atom. The van der Waals surface area contributed by atoms with E-state index in [9.17, 15) is 4.39 Å². The Morgan fingerprint density at radius 1 is 1.53 bits per heavy atom. The highest BCUT2D eigenvalue weighted by molar-refractivity contribution is 9.10. The van der Waals surface area contributed by atoms with E-state index in [-0.39, 0.29) is 11.9 Å². The molecular weight excluding hydrogens is 289 g/mol. The van der Waals surface area contributed by atoms with Crippen LogP contribution < -0.4 is 5.73 Å². The minimum Gasteiger partial charge on any atom is -0.337 e. The molecule has 0 aliphatic rings. The van der Waals surface area contributed by atoms with E-state index in [1.54, 1.807) is 12.1 Å². The molecular formula is C11H11BrFN3O. The van der Waals surface area contributed by atoms with Gasteiger partial charge in [0.1, 0.15) is 5.82 Å². The van der Waals surface area contributed by atoms with E-state index in [1.165, 1.54) is 6.07 Å². The Kier molecular flexibility index (Phi) is 3.54. The van der Waals surface area contributed by atoms with Gasteiger partial charge in [-0.3, -0.25) is 0 Å². The molecule has 0 aliphatic heterocycles. The lowest BCUT2D eigenvalue weighted by atomic mass is 10.2. The van der Waals surface area contributed by atoms with Gasteiger partial charge in [0, 0.05) is 5.56 Å². The molecule has 1 heterocycles. The van der Waals surface area contributed by atoms with Crippen molar-refractivity contribution in [3.63, 3.8) is 0 Å². The van der Waals surface area contributed by atoms with E-state index in [4.69, 9.17) is 10.3 Å². The van der Waals surface area contributed by atoms with Crippen molar-refractivity contribution >= 4 is 15.9 Å². The maximum atomic E-state index is 13.1. The number of benzene rings is 1. The molecule has 0 unspecified atom stereocenters. The highest BCUT2D eigenvalue weighted by atomic mass is 79.9. The first-order chi connectivity index (χ1) is 8.11. The van der Waals surface area contributed by atoms with Gasteiger partial charge in [0.05, 0.1) is 10.5 Å². The van der Waals surface area contributed by atoms with Crippen molar-refractivity contribution in [1.82, 2.24) is 10.1 Å². The van der Waals surface area contributed by atoms with Crippen LogP contribution in [0.4, 0.5) is 4.39 Å². The first-order valence-corrected chi connectivity index (χ1v) is 5.95. The second-order valence-electron chi connectivity index (χ2n) is 3.60. The summed E-state index contributed by atoms with van der Waals surface area (Å²) >= 11 is 3.11. The second kappa shape index (κ2) is 4.93. The molecule has 0 radical (unpaired) electrons. The van der Waals surface area contributed by atoms with E-state index >= 15 is 0 Å². The van der Waals surface area contributed by atoms with Crippen LogP contribution in [0.25, 0.3) is 11.4 Å². The van der Waals surface area contributed by atoms with E-state index in [2.05, 4.69) is 26.1 Å². The molecule has 0 saturated carbocycles. The van der Waals surface area contributed by atoms with Gasteiger partial charge in [0.25, 0.3) is 0 Å². The average Bonchev–Trinajstić information content (AvgIpc) is 2.81. The lowest BCUT2D eigenvalue weighted by molar-refractivity contribution is 0.352. The summed E-state index contributed by atoms with van der Waals surface area (Å²) in [5.41, 5.74) is 6.45. The number of nitrogens with two attached hydrogens (primary N) is 1. The predicted octanol–water partition coefficient (Wildman–Crippen LogP) is 3.05. The Hall–Kier alpha value is -1.27. The van der Waals surface area contributed by atoms with Gasteiger partial charge in [-0.2, -0.15) is 4.98 Å². The zero-order valence-electron chi connectivity index (χ0n) is 9.15. The molecule has 17 heavy (non-hydrogen) atoms. The predicted molar refractivity (Wildman–Crippen MR) is 64.6 cm³/mol. The standard InChI is InChI=1S/C11H11BrFN3O/c1-2-9(14)11-15-10(16-17-11)6-3-4-8(13)7(12)5-6/h3-5,9H,2,14H2,1H3/t9-/m1/s1. The van der Waals surface area contributed by atoms with Crippen LogP contribution in [0, 0.1) is 5.82 Å². The van der Waals surface area contributed by atoms with E-state index in [0.717, 1.165) is 6.42 Å². The first kappa shape index (κ1) is 12.2. The van der Waals surface area contributed by atoms with E-state index in [1.807, 2.05) is 6.92 Å². The molecule has 0 bridgehead atoms. The molecule has 0 aliphatic carbocycles. The quantitative estimate of drug-likeness (QED) is 0.946. The maximum absolute atomic E-state index is 13.1. The molecule has 0 fully saturated rings. The molecule has 90 valence electrons. The molecule has 0 saturated heterocycles. The van der Waals surface area contributed by atoms with Gasteiger partial charge >= 0.3 is 0 Å². The van der Waals surface area contributed by atoms with Crippen LogP contribution in [0.5, 0.6) is 0 Å². The first-order valence-electron chi connectivity index (χ1n) is 5.16. The zero-order chi connectivity index (χ0) is 12.4. The van der Waals surface area contributed by atoms with Crippen molar-refractivity contribution in [3.05, 3.63) is 34.4 Å². The molecule has 0 amide bonds. The molecule has 6 heteroatoms. The highest BCUT2D eigenvalue weighted by Gasteiger charge is 2.14. The summed E-state index contributed by atoms with van der Waals surface area (Å²) in [6, 6.07) is 4.27. The summed E-state index contributed by atoms with van der Waals surface area (Å²) in [6.07, 6.45) is 0.717. The van der Waals surface area contributed by atoms with Crippen LogP contribution >= 0.6 is 15.9 Å². The Bertz CT molecular complexity index is 529. The minimum atomic E-state index is -0.331. The number of nitrogens with zero attached hydrogens (tertiary/aromatic N) is 2. The molecule has 2 rings (SSSR count). The Morgan fingerprint density at radius 3 is 2.94 bits per heavy atom. The lowest BCUT2D eigenvalue weighted by Crippen LogP contribution is -2.08. The monoisotopic (exact) mass is 299 g/mol. The normalized spacial score (nSPS) is 12.7. The average molecular weight is 300 g/mol. The summed E-state index contributed by atoms with van der Waals surface area (Å²) in [4.78, 5) is 4.18. The Labute approximate surface area is 106 Å². The summed E-state index contributed by atoms with van der Waals surface area (Å²) in [6.45, 7) is 1.93. The third kappa shape index (κ3) is 2.53. The van der Waals surface area contributed by atoms with Crippen LogP contribution in [0.15, 0.2) is 27.2 Å². The number of aromatic nitrogens is 2. The van der Waals surface area contributed by atoms with Crippen molar-refractivity contribution in [3.8, 4) is 11.4 Å². The van der Waals surface area contributed by atoms with Crippen LogP contribution in [0.3, 0.4) is 0 Å². The van der Waals surface area contributed by atoms with Gasteiger partial charge in [-0.05, 0) is 40.5 Å². The second-order valence-corrected chi connectivity index (χ2v) is 4.45. The van der Waals surface area contributed by atoms with Crippen LogP contribution in [-0.2, 0) is 0 Å². The van der Waals surface area contributed by atoms with Gasteiger partial charge in [0.2, 0.25) is 11.7 Å². The van der Waals surface area contributed by atoms with Crippen molar-refractivity contribution in [1.29, 1.82) is 0 Å². The fourth-order valence-corrected chi connectivity index (χ4v) is 1.69. The van der Waals surface area contributed by atoms with E-state index < -0.39 is 0 Å². The van der Waals surface area contributed by atoms with E-state index in [0.29, 0.717) is 21.8 Å². The number of hydrogen-bond donors (Lipinski definition) is 1. The van der Waals surface area contributed by atoms with Crippen LogP contribution in [-0.4, -0.2) is 10.1 Å². The minimum absolute atomic E-state index is 0.264. The van der Waals surface area contributed by atoms with Crippen molar-refractivity contribution in [2.75, 3.05) is 0 Å². The van der Waals surface area contributed by atoms with Crippen molar-refractivity contribution in [2.45, 2.75) is 19.4 Å². The summed E-state index contributed by atoms with van der Waals surface area (Å²) in [5.74, 6) is 0.468. The van der Waals surface area contributed by atoms with Gasteiger partial charge in [-0.15, -0.1) is 0 Å². The smallest absolute Gasteiger partial charge is 0.243 e. The SMILES string of the molecule is CC[C@@H](N)c1nc(-c2ccc(F)c(Br)c2)no1. The fourth-order valence-electron chi connectivity index (χ4n) is 1.31. The largest absolute Gasteiger partial charge is 0.337 e. The van der Waals surface area contributed by atoms with Crippen molar-refractivity contribution < 1.29 is 8.91 Å². The zero-order valence-corrected chi connectivity index (χ0v) is 10.7. The number of rotatable bonds is 3.